The Balaban J connectivity index is 1.46. The van der Waals surface area contributed by atoms with Gasteiger partial charge in [-0.15, -0.1) is 0 Å². The first-order valence-corrected chi connectivity index (χ1v) is 7.73. The molecule has 0 saturated heterocycles. The Labute approximate surface area is 115 Å². The van der Waals surface area contributed by atoms with Gasteiger partial charge in [-0.2, -0.15) is 0 Å². The summed E-state index contributed by atoms with van der Waals surface area (Å²) in [6.07, 6.45) is 12.7. The summed E-state index contributed by atoms with van der Waals surface area (Å²) in [7, 11) is 0. The van der Waals surface area contributed by atoms with Crippen LogP contribution in [0.4, 0.5) is 0 Å². The summed E-state index contributed by atoms with van der Waals surface area (Å²) in [5.74, 6) is 3.88. The van der Waals surface area contributed by atoms with Crippen LogP contribution in [0.15, 0.2) is 12.4 Å². The number of nitrogens with zero attached hydrogens (tertiary/aromatic N) is 2. The topological polar surface area (TPSA) is 37.8 Å². The van der Waals surface area contributed by atoms with Gasteiger partial charge in [-0.05, 0) is 63.2 Å². The normalized spacial score (nSPS) is 39.7. The molecule has 4 aliphatic rings. The fourth-order valence-corrected chi connectivity index (χ4v) is 5.13. The molecule has 0 unspecified atom stereocenters. The van der Waals surface area contributed by atoms with Gasteiger partial charge in [-0.3, -0.25) is 0 Å². The summed E-state index contributed by atoms with van der Waals surface area (Å²) in [6.45, 7) is 2.88. The molecule has 4 bridgehead atoms. The molecule has 1 aromatic rings. The first-order valence-electron chi connectivity index (χ1n) is 7.73. The summed E-state index contributed by atoms with van der Waals surface area (Å²) in [5, 5.41) is 3.88. The van der Waals surface area contributed by atoms with Gasteiger partial charge in [0.25, 0.3) is 0 Å². The molecule has 1 heterocycles. The largest absolute Gasteiger partial charge is 0.307 e. The van der Waals surface area contributed by atoms with Gasteiger partial charge in [0.2, 0.25) is 0 Å². The zero-order valence-electron chi connectivity index (χ0n) is 11.7. The number of rotatable bonds is 3. The van der Waals surface area contributed by atoms with Crippen molar-refractivity contribution in [3.63, 3.8) is 0 Å². The van der Waals surface area contributed by atoms with Gasteiger partial charge < -0.3 is 5.32 Å². The summed E-state index contributed by atoms with van der Waals surface area (Å²) in [5.41, 5.74) is 1.67. The van der Waals surface area contributed by atoms with Crippen LogP contribution in [0.25, 0.3) is 0 Å². The Morgan fingerprint density at radius 1 is 1.05 bits per heavy atom. The van der Waals surface area contributed by atoms with E-state index in [9.17, 15) is 0 Å². The monoisotopic (exact) mass is 257 g/mol. The van der Waals surface area contributed by atoms with Gasteiger partial charge in [0.05, 0.1) is 0 Å². The molecule has 0 atom stereocenters. The molecule has 5 rings (SSSR count). The van der Waals surface area contributed by atoms with Crippen molar-refractivity contribution in [3.8, 4) is 0 Å². The van der Waals surface area contributed by atoms with Gasteiger partial charge in [0.15, 0.2) is 0 Å². The van der Waals surface area contributed by atoms with Crippen LogP contribution < -0.4 is 5.32 Å². The fraction of sp³-hybridized carbons (Fsp3) is 0.750. The number of aromatic nitrogens is 2. The molecule has 1 N–H and O–H groups in total. The van der Waals surface area contributed by atoms with Gasteiger partial charge in [0, 0.05) is 30.0 Å². The van der Waals surface area contributed by atoms with Crippen LogP contribution in [-0.2, 0) is 6.54 Å². The van der Waals surface area contributed by atoms with Crippen molar-refractivity contribution in [2.24, 2.45) is 17.8 Å². The van der Waals surface area contributed by atoms with Crippen LogP contribution in [0.3, 0.4) is 0 Å². The minimum absolute atomic E-state index is 0.444. The van der Waals surface area contributed by atoms with Crippen molar-refractivity contribution < 1.29 is 0 Å². The molecule has 0 spiro atoms. The lowest BCUT2D eigenvalue weighted by Gasteiger charge is -2.57. The van der Waals surface area contributed by atoms with E-state index in [1.807, 2.05) is 19.3 Å². The quantitative estimate of drug-likeness (QED) is 0.905. The molecule has 0 aromatic carbocycles. The predicted molar refractivity (Wildman–Crippen MR) is 74.5 cm³/mol. The third-order valence-corrected chi connectivity index (χ3v) is 5.54. The van der Waals surface area contributed by atoms with E-state index in [1.165, 1.54) is 44.1 Å². The molecule has 0 radical (unpaired) electrons. The lowest BCUT2D eigenvalue weighted by atomic mass is 9.53. The van der Waals surface area contributed by atoms with E-state index in [-0.39, 0.29) is 0 Å². The van der Waals surface area contributed by atoms with Crippen LogP contribution in [0, 0.1) is 24.7 Å². The molecule has 4 saturated carbocycles. The van der Waals surface area contributed by atoms with Crippen molar-refractivity contribution in [1.82, 2.24) is 15.3 Å². The second-order valence-corrected chi connectivity index (χ2v) is 7.19. The Morgan fingerprint density at radius 2 is 1.58 bits per heavy atom. The van der Waals surface area contributed by atoms with Crippen molar-refractivity contribution in [2.75, 3.05) is 0 Å². The number of hydrogen-bond donors (Lipinski definition) is 1. The van der Waals surface area contributed by atoms with Crippen LogP contribution in [0.2, 0.25) is 0 Å². The Hall–Kier alpha value is -0.960. The second kappa shape index (κ2) is 4.27. The predicted octanol–water partition coefficient (Wildman–Crippen LogP) is 2.84. The van der Waals surface area contributed by atoms with Crippen LogP contribution in [-0.4, -0.2) is 15.5 Å². The molecule has 0 amide bonds. The van der Waals surface area contributed by atoms with Crippen molar-refractivity contribution in [2.45, 2.75) is 57.5 Å². The van der Waals surface area contributed by atoms with E-state index < -0.39 is 0 Å². The molecule has 4 aliphatic carbocycles. The van der Waals surface area contributed by atoms with E-state index in [0.717, 1.165) is 30.1 Å². The molecule has 0 aliphatic heterocycles. The molecular formula is C16H23N3. The van der Waals surface area contributed by atoms with E-state index in [2.05, 4.69) is 15.3 Å². The van der Waals surface area contributed by atoms with E-state index >= 15 is 0 Å². The maximum Gasteiger partial charge on any atom is 0.125 e. The Kier molecular flexibility index (Phi) is 2.66. The first kappa shape index (κ1) is 11.8. The molecule has 3 heteroatoms. The smallest absolute Gasteiger partial charge is 0.125 e. The zero-order valence-corrected chi connectivity index (χ0v) is 11.7. The Morgan fingerprint density at radius 3 is 2.11 bits per heavy atom. The molecular weight excluding hydrogens is 234 g/mol. The van der Waals surface area contributed by atoms with E-state index in [0.29, 0.717) is 5.54 Å². The summed E-state index contributed by atoms with van der Waals surface area (Å²) >= 11 is 0. The van der Waals surface area contributed by atoms with E-state index in [1.54, 1.807) is 0 Å². The van der Waals surface area contributed by atoms with E-state index in [4.69, 9.17) is 0 Å². The average molecular weight is 257 g/mol. The number of hydrogen-bond acceptors (Lipinski definition) is 3. The van der Waals surface area contributed by atoms with Crippen molar-refractivity contribution >= 4 is 0 Å². The molecule has 4 fully saturated rings. The van der Waals surface area contributed by atoms with Crippen LogP contribution in [0.1, 0.15) is 49.9 Å². The van der Waals surface area contributed by atoms with Gasteiger partial charge in [0.1, 0.15) is 5.82 Å². The SMILES string of the molecule is Cc1ncc(CNC23CC4CC(CC(C4)C2)C3)cn1. The lowest BCUT2D eigenvalue weighted by molar-refractivity contribution is -0.0206. The second-order valence-electron chi connectivity index (χ2n) is 7.19. The summed E-state index contributed by atoms with van der Waals surface area (Å²) in [6, 6.07) is 0. The van der Waals surface area contributed by atoms with Crippen LogP contribution >= 0.6 is 0 Å². The Bertz CT molecular complexity index is 430. The highest BCUT2D eigenvalue weighted by Gasteiger charge is 2.50. The number of nitrogens with one attached hydrogen (secondary N) is 1. The van der Waals surface area contributed by atoms with Crippen LogP contribution in [0.5, 0.6) is 0 Å². The zero-order chi connectivity index (χ0) is 12.9. The first-order chi connectivity index (χ1) is 9.21. The fourth-order valence-electron chi connectivity index (χ4n) is 5.13. The lowest BCUT2D eigenvalue weighted by Crippen LogP contribution is -2.58. The van der Waals surface area contributed by atoms with Crippen molar-refractivity contribution in [1.29, 1.82) is 0 Å². The summed E-state index contributed by atoms with van der Waals surface area (Å²) < 4.78 is 0. The highest BCUT2D eigenvalue weighted by Crippen LogP contribution is 2.55. The maximum absolute atomic E-state index is 4.29. The third-order valence-electron chi connectivity index (χ3n) is 5.54. The molecule has 3 nitrogen and oxygen atoms in total. The standard InChI is InChI=1S/C16H23N3/c1-11-17-8-15(9-18-11)10-19-16-5-12-2-13(6-16)4-14(3-12)7-16/h8-9,12-14,19H,2-7,10H2,1H3. The average Bonchev–Trinajstić information content (AvgIpc) is 2.36. The highest BCUT2D eigenvalue weighted by molar-refractivity contribution is 5.10. The minimum Gasteiger partial charge on any atom is -0.307 e. The molecule has 19 heavy (non-hydrogen) atoms. The third kappa shape index (κ3) is 2.18. The molecule has 102 valence electrons. The van der Waals surface area contributed by atoms with Gasteiger partial charge in [-0.1, -0.05) is 0 Å². The van der Waals surface area contributed by atoms with Gasteiger partial charge in [-0.25, -0.2) is 9.97 Å². The maximum atomic E-state index is 4.29. The molecule has 1 aromatic heterocycles. The highest BCUT2D eigenvalue weighted by atomic mass is 15.0. The summed E-state index contributed by atoms with van der Waals surface area (Å²) in [4.78, 5) is 8.59. The minimum atomic E-state index is 0.444. The van der Waals surface area contributed by atoms with Gasteiger partial charge >= 0.3 is 0 Å². The number of aryl methyl sites for hydroxylation is 1. The van der Waals surface area contributed by atoms with Crippen molar-refractivity contribution in [3.05, 3.63) is 23.8 Å².